The summed E-state index contributed by atoms with van der Waals surface area (Å²) in [6.45, 7) is 1.96. The van der Waals surface area contributed by atoms with Gasteiger partial charge >= 0.3 is 0 Å². The van der Waals surface area contributed by atoms with Crippen molar-refractivity contribution in [3.63, 3.8) is 0 Å². The Balaban J connectivity index is 2.06. The lowest BCUT2D eigenvalue weighted by molar-refractivity contribution is 0.429. The van der Waals surface area contributed by atoms with E-state index in [0.29, 0.717) is 11.5 Å². The molecule has 1 aromatic carbocycles. The molecule has 4 nitrogen and oxygen atoms in total. The number of aryl methyl sites for hydroxylation is 1. The lowest BCUT2D eigenvalue weighted by Crippen LogP contribution is -1.89. The Morgan fingerprint density at radius 3 is 2.84 bits per heavy atom. The molecule has 3 rings (SSSR count). The summed E-state index contributed by atoms with van der Waals surface area (Å²) in [7, 11) is 0. The van der Waals surface area contributed by atoms with Crippen molar-refractivity contribution in [2.24, 2.45) is 0 Å². The number of nitrogens with zero attached hydrogens (tertiary/aromatic N) is 2. The zero-order valence-corrected chi connectivity index (χ0v) is 10.9. The van der Waals surface area contributed by atoms with Gasteiger partial charge < -0.3 is 10.3 Å². The van der Waals surface area contributed by atoms with Gasteiger partial charge in [0.15, 0.2) is 0 Å². The topological polar surface area (TPSA) is 64.9 Å². The first-order valence-corrected chi connectivity index (χ1v) is 6.51. The second-order valence-corrected chi connectivity index (χ2v) is 4.87. The highest BCUT2D eigenvalue weighted by atomic mass is 32.1. The van der Waals surface area contributed by atoms with Crippen LogP contribution in [0.5, 0.6) is 0 Å². The van der Waals surface area contributed by atoms with Crippen LogP contribution < -0.4 is 5.73 Å². The van der Waals surface area contributed by atoms with E-state index >= 15 is 0 Å². The summed E-state index contributed by atoms with van der Waals surface area (Å²) < 4.78 is 18.8. The molecule has 0 unspecified atom stereocenters. The lowest BCUT2D eigenvalue weighted by Gasteiger charge is -1.98. The van der Waals surface area contributed by atoms with Gasteiger partial charge in [-0.15, -0.1) is 0 Å². The molecule has 0 atom stereocenters. The van der Waals surface area contributed by atoms with Crippen molar-refractivity contribution >= 4 is 17.0 Å². The predicted molar refractivity (Wildman–Crippen MR) is 72.2 cm³/mol. The molecule has 0 spiro atoms. The third-order valence-electron chi connectivity index (χ3n) is 2.74. The van der Waals surface area contributed by atoms with Gasteiger partial charge in [-0.3, -0.25) is 0 Å². The molecule has 96 valence electrons. The predicted octanol–water partition coefficient (Wildman–Crippen LogP) is 3.49. The highest BCUT2D eigenvalue weighted by Gasteiger charge is 2.16. The van der Waals surface area contributed by atoms with Crippen molar-refractivity contribution in [3.05, 3.63) is 40.3 Å². The van der Waals surface area contributed by atoms with Gasteiger partial charge in [0.05, 0.1) is 5.56 Å². The number of nitrogens with two attached hydrogens (primary N) is 1. The van der Waals surface area contributed by atoms with Crippen molar-refractivity contribution in [3.8, 4) is 22.8 Å². The summed E-state index contributed by atoms with van der Waals surface area (Å²) in [5.41, 5.74) is 8.25. The summed E-state index contributed by atoms with van der Waals surface area (Å²) in [6.07, 6.45) is 0. The molecule has 0 amide bonds. The van der Waals surface area contributed by atoms with E-state index in [4.69, 9.17) is 10.3 Å². The van der Waals surface area contributed by atoms with Gasteiger partial charge in [-0.1, -0.05) is 5.16 Å². The normalized spacial score (nSPS) is 10.8. The van der Waals surface area contributed by atoms with Crippen molar-refractivity contribution < 1.29 is 8.91 Å². The van der Waals surface area contributed by atoms with Crippen LogP contribution in [0.3, 0.4) is 0 Å². The van der Waals surface area contributed by atoms with E-state index in [-0.39, 0.29) is 11.5 Å². The van der Waals surface area contributed by atoms with E-state index in [0.717, 1.165) is 11.1 Å². The Labute approximate surface area is 112 Å². The monoisotopic (exact) mass is 275 g/mol. The summed E-state index contributed by atoms with van der Waals surface area (Å²) in [5, 5.41) is 7.80. The number of hydrogen-bond acceptors (Lipinski definition) is 5. The number of benzene rings is 1. The van der Waals surface area contributed by atoms with Gasteiger partial charge in [-0.2, -0.15) is 16.3 Å². The van der Waals surface area contributed by atoms with Crippen molar-refractivity contribution in [1.29, 1.82) is 0 Å². The van der Waals surface area contributed by atoms with Crippen LogP contribution in [0.2, 0.25) is 0 Å². The van der Waals surface area contributed by atoms with E-state index in [2.05, 4.69) is 10.1 Å². The number of aromatic nitrogens is 2. The number of halogens is 1. The first kappa shape index (κ1) is 11.9. The van der Waals surface area contributed by atoms with Crippen LogP contribution in [0.15, 0.2) is 33.5 Å². The maximum atomic E-state index is 13.7. The number of thiophene rings is 1. The summed E-state index contributed by atoms with van der Waals surface area (Å²) >= 11 is 1.56. The second-order valence-electron chi connectivity index (χ2n) is 4.13. The molecule has 0 saturated carbocycles. The molecular weight excluding hydrogens is 265 g/mol. The molecule has 0 aliphatic carbocycles. The van der Waals surface area contributed by atoms with E-state index in [1.165, 1.54) is 18.2 Å². The standard InChI is InChI=1S/C13H10FN3OS/c1-7-5-19-6-10(7)12-16-13(18-17-12)9-4-8(15)2-3-11(9)14/h2-6H,15H2,1H3. The van der Waals surface area contributed by atoms with Gasteiger partial charge in [0.2, 0.25) is 5.82 Å². The molecule has 2 heterocycles. The molecule has 19 heavy (non-hydrogen) atoms. The molecular formula is C13H10FN3OS. The van der Waals surface area contributed by atoms with Gasteiger partial charge in [0, 0.05) is 16.6 Å². The molecule has 0 aliphatic rings. The molecule has 0 aliphatic heterocycles. The smallest absolute Gasteiger partial charge is 0.261 e. The fraction of sp³-hybridized carbons (Fsp3) is 0.0769. The summed E-state index contributed by atoms with van der Waals surface area (Å²) in [5.74, 6) is 0.146. The maximum absolute atomic E-state index is 13.7. The van der Waals surface area contributed by atoms with Crippen molar-refractivity contribution in [1.82, 2.24) is 10.1 Å². The van der Waals surface area contributed by atoms with Crippen LogP contribution >= 0.6 is 11.3 Å². The lowest BCUT2D eigenvalue weighted by atomic mass is 10.2. The van der Waals surface area contributed by atoms with Gasteiger partial charge in [0.25, 0.3) is 5.89 Å². The average Bonchev–Trinajstić information content (AvgIpc) is 3.00. The van der Waals surface area contributed by atoms with Gasteiger partial charge in [0.1, 0.15) is 5.82 Å². The highest BCUT2D eigenvalue weighted by Crippen LogP contribution is 2.28. The number of nitrogen functional groups attached to an aromatic ring is 1. The van der Waals surface area contributed by atoms with Crippen molar-refractivity contribution in [2.75, 3.05) is 5.73 Å². The Hall–Kier alpha value is -2.21. The molecule has 2 aromatic heterocycles. The minimum Gasteiger partial charge on any atom is -0.399 e. The quantitative estimate of drug-likeness (QED) is 0.727. The molecule has 0 radical (unpaired) electrons. The molecule has 0 saturated heterocycles. The zero-order chi connectivity index (χ0) is 13.4. The Kier molecular flexibility index (Phi) is 2.79. The third-order valence-corrected chi connectivity index (χ3v) is 3.60. The number of hydrogen-bond donors (Lipinski definition) is 1. The summed E-state index contributed by atoms with van der Waals surface area (Å²) in [6, 6.07) is 4.25. The minimum absolute atomic E-state index is 0.130. The Bertz CT molecular complexity index is 735. The number of anilines is 1. The van der Waals surface area contributed by atoms with E-state index in [1.807, 2.05) is 17.7 Å². The zero-order valence-electron chi connectivity index (χ0n) is 10.1. The van der Waals surface area contributed by atoms with Crippen LogP contribution in [0.1, 0.15) is 5.56 Å². The average molecular weight is 275 g/mol. The third kappa shape index (κ3) is 2.10. The Morgan fingerprint density at radius 1 is 1.26 bits per heavy atom. The first-order valence-electron chi connectivity index (χ1n) is 5.57. The van der Waals surface area contributed by atoms with E-state index in [9.17, 15) is 4.39 Å². The second kappa shape index (κ2) is 4.47. The molecule has 6 heteroatoms. The first-order chi connectivity index (χ1) is 9.15. The SMILES string of the molecule is Cc1cscc1-c1noc(-c2cc(N)ccc2F)n1. The van der Waals surface area contributed by atoms with E-state index in [1.54, 1.807) is 11.3 Å². The fourth-order valence-electron chi connectivity index (χ4n) is 1.74. The maximum Gasteiger partial charge on any atom is 0.261 e. The van der Waals surface area contributed by atoms with Crippen LogP contribution in [0.4, 0.5) is 10.1 Å². The van der Waals surface area contributed by atoms with Crippen molar-refractivity contribution in [2.45, 2.75) is 6.92 Å². The number of rotatable bonds is 2. The molecule has 2 N–H and O–H groups in total. The van der Waals surface area contributed by atoms with Gasteiger partial charge in [-0.25, -0.2) is 4.39 Å². The van der Waals surface area contributed by atoms with Crippen LogP contribution in [0.25, 0.3) is 22.8 Å². The molecule has 3 aromatic rings. The Morgan fingerprint density at radius 2 is 2.11 bits per heavy atom. The van der Waals surface area contributed by atoms with Crippen LogP contribution in [-0.4, -0.2) is 10.1 Å². The molecule has 0 bridgehead atoms. The van der Waals surface area contributed by atoms with E-state index < -0.39 is 5.82 Å². The highest BCUT2D eigenvalue weighted by molar-refractivity contribution is 7.08. The molecule has 0 fully saturated rings. The van der Waals surface area contributed by atoms with Crippen LogP contribution in [0, 0.1) is 12.7 Å². The minimum atomic E-state index is -0.438. The van der Waals surface area contributed by atoms with Gasteiger partial charge in [-0.05, 0) is 36.1 Å². The summed E-state index contributed by atoms with van der Waals surface area (Å²) in [4.78, 5) is 4.22. The largest absolute Gasteiger partial charge is 0.399 e. The van der Waals surface area contributed by atoms with Crippen LogP contribution in [-0.2, 0) is 0 Å². The fourth-order valence-corrected chi connectivity index (χ4v) is 2.57.